The van der Waals surface area contributed by atoms with E-state index in [2.05, 4.69) is 50.6 Å². The fraction of sp³-hybridized carbons (Fsp3) is 0.438. The van der Waals surface area contributed by atoms with E-state index in [4.69, 9.17) is 0 Å². The first-order chi connectivity index (χ1) is 9.83. The molecule has 0 bridgehead atoms. The molecular weight excluding hydrogens is 314 g/mol. The van der Waals surface area contributed by atoms with Gasteiger partial charge in [0, 0.05) is 29.5 Å². The molecule has 3 nitrogen and oxygen atoms in total. The van der Waals surface area contributed by atoms with Crippen LogP contribution in [-0.2, 0) is 6.54 Å². The summed E-state index contributed by atoms with van der Waals surface area (Å²) in [5.41, 5.74) is 1.46. The number of aromatic nitrogens is 2. The molecule has 1 saturated carbocycles. The first kappa shape index (κ1) is 13.8. The van der Waals surface area contributed by atoms with Gasteiger partial charge in [0.25, 0.3) is 0 Å². The van der Waals surface area contributed by atoms with Gasteiger partial charge in [0.15, 0.2) is 0 Å². The molecule has 0 spiro atoms. The normalized spacial score (nSPS) is 21.6. The van der Waals surface area contributed by atoms with Crippen molar-refractivity contribution in [3.63, 3.8) is 0 Å². The van der Waals surface area contributed by atoms with Crippen LogP contribution >= 0.6 is 15.9 Å². The Morgan fingerprint density at radius 1 is 1.25 bits per heavy atom. The molecule has 1 aliphatic carbocycles. The SMILES string of the molecule is Brc1ccccc1C1CC(NCCCn2cccn2)C1. The maximum atomic E-state index is 4.21. The lowest BCUT2D eigenvalue weighted by Gasteiger charge is -2.37. The maximum absolute atomic E-state index is 4.21. The molecule has 1 aromatic heterocycles. The quantitative estimate of drug-likeness (QED) is 0.819. The van der Waals surface area contributed by atoms with Crippen LogP contribution in [0.15, 0.2) is 47.2 Å². The molecule has 0 saturated heterocycles. The summed E-state index contributed by atoms with van der Waals surface area (Å²) in [6.45, 7) is 2.08. The highest BCUT2D eigenvalue weighted by Crippen LogP contribution is 2.39. The maximum Gasteiger partial charge on any atom is 0.0489 e. The number of nitrogens with one attached hydrogen (secondary N) is 1. The first-order valence-corrected chi connectivity index (χ1v) is 8.07. The number of halogens is 1. The van der Waals surface area contributed by atoms with E-state index in [1.807, 2.05) is 23.1 Å². The third-order valence-corrected chi connectivity index (χ3v) is 4.76. The summed E-state index contributed by atoms with van der Waals surface area (Å²) in [6, 6.07) is 11.2. The summed E-state index contributed by atoms with van der Waals surface area (Å²) in [4.78, 5) is 0. The Morgan fingerprint density at radius 3 is 2.85 bits per heavy atom. The number of hydrogen-bond acceptors (Lipinski definition) is 2. The Balaban J connectivity index is 1.35. The van der Waals surface area contributed by atoms with Crippen molar-refractivity contribution >= 4 is 15.9 Å². The summed E-state index contributed by atoms with van der Waals surface area (Å²) in [6.07, 6.45) is 7.50. The summed E-state index contributed by atoms with van der Waals surface area (Å²) in [5, 5.41) is 7.86. The van der Waals surface area contributed by atoms with E-state index in [9.17, 15) is 0 Å². The number of aryl methyl sites for hydroxylation is 1. The molecule has 0 atom stereocenters. The van der Waals surface area contributed by atoms with Crippen molar-refractivity contribution in [1.29, 1.82) is 0 Å². The van der Waals surface area contributed by atoms with Gasteiger partial charge in [0.05, 0.1) is 0 Å². The highest BCUT2D eigenvalue weighted by Gasteiger charge is 2.30. The fourth-order valence-electron chi connectivity index (χ4n) is 2.82. The third-order valence-electron chi connectivity index (χ3n) is 4.04. The van der Waals surface area contributed by atoms with Crippen LogP contribution < -0.4 is 5.32 Å². The Hall–Kier alpha value is -1.13. The van der Waals surface area contributed by atoms with Gasteiger partial charge in [-0.05, 0) is 49.4 Å². The van der Waals surface area contributed by atoms with Gasteiger partial charge in [0.2, 0.25) is 0 Å². The monoisotopic (exact) mass is 333 g/mol. The van der Waals surface area contributed by atoms with Crippen LogP contribution in [0.5, 0.6) is 0 Å². The summed E-state index contributed by atoms with van der Waals surface area (Å²) >= 11 is 3.65. The van der Waals surface area contributed by atoms with Crippen molar-refractivity contribution in [2.24, 2.45) is 0 Å². The van der Waals surface area contributed by atoms with Crippen LogP contribution in [0.3, 0.4) is 0 Å². The van der Waals surface area contributed by atoms with Gasteiger partial charge in [-0.25, -0.2) is 0 Å². The fourth-order valence-corrected chi connectivity index (χ4v) is 3.43. The van der Waals surface area contributed by atoms with Crippen LogP contribution in [0, 0.1) is 0 Å². The second-order valence-electron chi connectivity index (χ2n) is 5.46. The molecule has 1 N–H and O–H groups in total. The van der Waals surface area contributed by atoms with Crippen molar-refractivity contribution in [3.8, 4) is 0 Å². The largest absolute Gasteiger partial charge is 0.314 e. The van der Waals surface area contributed by atoms with Crippen LogP contribution in [0.2, 0.25) is 0 Å². The highest BCUT2D eigenvalue weighted by atomic mass is 79.9. The van der Waals surface area contributed by atoms with Gasteiger partial charge in [-0.15, -0.1) is 0 Å². The Kier molecular flexibility index (Phi) is 4.53. The lowest BCUT2D eigenvalue weighted by molar-refractivity contribution is 0.287. The smallest absolute Gasteiger partial charge is 0.0489 e. The Labute approximate surface area is 128 Å². The van der Waals surface area contributed by atoms with Gasteiger partial charge < -0.3 is 5.32 Å². The highest BCUT2D eigenvalue weighted by molar-refractivity contribution is 9.10. The molecule has 0 unspecified atom stereocenters. The molecule has 1 aromatic carbocycles. The zero-order valence-electron chi connectivity index (χ0n) is 11.5. The lowest BCUT2D eigenvalue weighted by atomic mass is 9.76. The van der Waals surface area contributed by atoms with E-state index in [1.54, 1.807) is 0 Å². The minimum absolute atomic E-state index is 0.685. The minimum Gasteiger partial charge on any atom is -0.314 e. The predicted molar refractivity (Wildman–Crippen MR) is 84.8 cm³/mol. The summed E-state index contributed by atoms with van der Waals surface area (Å²) in [7, 11) is 0. The van der Waals surface area contributed by atoms with Gasteiger partial charge in [-0.3, -0.25) is 4.68 Å². The van der Waals surface area contributed by atoms with Gasteiger partial charge in [0.1, 0.15) is 0 Å². The van der Waals surface area contributed by atoms with Crippen molar-refractivity contribution in [2.75, 3.05) is 6.54 Å². The molecule has 1 heterocycles. The van der Waals surface area contributed by atoms with E-state index in [-0.39, 0.29) is 0 Å². The average molecular weight is 334 g/mol. The van der Waals surface area contributed by atoms with E-state index in [0.717, 1.165) is 19.5 Å². The van der Waals surface area contributed by atoms with Crippen LogP contribution in [0.4, 0.5) is 0 Å². The van der Waals surface area contributed by atoms with Crippen molar-refractivity contribution < 1.29 is 0 Å². The second kappa shape index (κ2) is 6.55. The molecule has 1 fully saturated rings. The average Bonchev–Trinajstić information content (AvgIpc) is 2.91. The first-order valence-electron chi connectivity index (χ1n) is 7.28. The number of hydrogen-bond donors (Lipinski definition) is 1. The van der Waals surface area contributed by atoms with Crippen molar-refractivity contribution in [1.82, 2.24) is 15.1 Å². The van der Waals surface area contributed by atoms with E-state index in [0.29, 0.717) is 12.0 Å². The minimum atomic E-state index is 0.685. The standard InChI is InChI=1S/C16H20BrN3/c17-16-6-2-1-5-15(16)13-11-14(12-13)18-7-3-9-20-10-4-8-19-20/h1-2,4-6,8,10,13-14,18H,3,7,9,11-12H2. The van der Waals surface area contributed by atoms with Crippen molar-refractivity contribution in [3.05, 3.63) is 52.8 Å². The van der Waals surface area contributed by atoms with E-state index >= 15 is 0 Å². The predicted octanol–water partition coefficient (Wildman–Crippen LogP) is 3.57. The van der Waals surface area contributed by atoms with Gasteiger partial charge in [-0.1, -0.05) is 34.1 Å². The van der Waals surface area contributed by atoms with E-state index < -0.39 is 0 Å². The number of rotatable bonds is 6. The zero-order valence-corrected chi connectivity index (χ0v) is 13.1. The zero-order chi connectivity index (χ0) is 13.8. The molecule has 1 aliphatic rings. The topological polar surface area (TPSA) is 29.9 Å². The molecule has 4 heteroatoms. The second-order valence-corrected chi connectivity index (χ2v) is 6.32. The Bertz CT molecular complexity index is 532. The number of nitrogens with zero attached hydrogens (tertiary/aromatic N) is 2. The molecular formula is C16H20BrN3. The molecule has 0 aliphatic heterocycles. The van der Waals surface area contributed by atoms with Crippen molar-refractivity contribution in [2.45, 2.75) is 37.8 Å². The molecule has 0 amide bonds. The summed E-state index contributed by atoms with van der Waals surface area (Å²) < 4.78 is 3.24. The van der Waals surface area contributed by atoms with Gasteiger partial charge in [-0.2, -0.15) is 5.10 Å². The molecule has 0 radical (unpaired) electrons. The molecule has 3 rings (SSSR count). The molecule has 20 heavy (non-hydrogen) atoms. The van der Waals surface area contributed by atoms with Gasteiger partial charge >= 0.3 is 0 Å². The van der Waals surface area contributed by atoms with Crippen LogP contribution in [0.1, 0.15) is 30.7 Å². The van der Waals surface area contributed by atoms with Crippen LogP contribution in [-0.4, -0.2) is 22.4 Å². The number of benzene rings is 1. The molecule has 2 aromatic rings. The Morgan fingerprint density at radius 2 is 2.10 bits per heavy atom. The third kappa shape index (κ3) is 3.30. The lowest BCUT2D eigenvalue weighted by Crippen LogP contribution is -2.40. The summed E-state index contributed by atoms with van der Waals surface area (Å²) in [5.74, 6) is 0.717. The van der Waals surface area contributed by atoms with E-state index in [1.165, 1.54) is 22.9 Å². The molecule has 106 valence electrons. The van der Waals surface area contributed by atoms with Crippen LogP contribution in [0.25, 0.3) is 0 Å².